The number of aliphatic hydroxyl groups is 1. The van der Waals surface area contributed by atoms with Crippen LogP contribution in [0.1, 0.15) is 124 Å². The number of carbonyl (C=O) groups is 4. The van der Waals surface area contributed by atoms with Gasteiger partial charge >= 0.3 is 11.9 Å². The van der Waals surface area contributed by atoms with Crippen LogP contribution in [-0.2, 0) is 44.5 Å². The van der Waals surface area contributed by atoms with Crippen molar-refractivity contribution in [1.29, 1.82) is 0 Å². The van der Waals surface area contributed by atoms with Crippen LogP contribution in [0, 0.1) is 52.3 Å². The first kappa shape index (κ1) is 42.2. The highest BCUT2D eigenvalue weighted by Gasteiger charge is 2.67. The Labute approximate surface area is 333 Å². The summed E-state index contributed by atoms with van der Waals surface area (Å²) in [6.45, 7) is 12.4. The Bertz CT molecular complexity index is 1540. The average Bonchev–Trinajstić information content (AvgIpc) is 3.53. The van der Waals surface area contributed by atoms with Crippen LogP contribution in [0.25, 0.3) is 0 Å². The second-order valence-corrected chi connectivity index (χ2v) is 18.4. The fraction of sp³-hybridized carbons (Fsp3) is 0.739. The van der Waals surface area contributed by atoms with Gasteiger partial charge in [-0.1, -0.05) is 39.3 Å². The molecule has 10 heteroatoms. The molecule has 56 heavy (non-hydrogen) atoms. The Kier molecular flexibility index (Phi) is 13.9. The Balaban J connectivity index is 1.06. The quantitative estimate of drug-likeness (QED) is 0.0763. The van der Waals surface area contributed by atoms with E-state index >= 15 is 0 Å². The molecule has 0 heterocycles. The standard InChI is InChI=1S/C46H66O10/c1-6-52-43(51)21-29(2)26-53-35-14-12-31(13-15-35)22-32-9-7-8-10-39(32)56-42(50)18-11-30(3)36-16-17-37-44-38(25-41(55-28-48)46(36,37)5)45(4)20-19-34(49)23-33(45)24-40(44)54-27-47/h12-15,21,27-28,30,32-34,36-41,44,49H,6-11,16-20,22-26H2,1-5H3/b29-21+/t30-,32-,33+,34-,36-,37+,38+,39+,40-,41+,44+,45+,46-/m1/s1. The lowest BCUT2D eigenvalue weighted by Gasteiger charge is -2.64. The van der Waals surface area contributed by atoms with Crippen LogP contribution in [0.4, 0.5) is 0 Å². The molecular formula is C46H66O10. The number of carbonyl (C=O) groups excluding carboxylic acids is 4. The van der Waals surface area contributed by atoms with E-state index in [0.717, 1.165) is 88.4 Å². The molecule has 310 valence electrons. The van der Waals surface area contributed by atoms with Gasteiger partial charge in [0.1, 0.15) is 30.7 Å². The molecule has 0 bridgehead atoms. The lowest BCUT2D eigenvalue weighted by molar-refractivity contribution is -0.217. The topological polar surface area (TPSA) is 135 Å². The van der Waals surface area contributed by atoms with Gasteiger partial charge in [-0.05, 0) is 155 Å². The largest absolute Gasteiger partial charge is 0.489 e. The molecule has 0 spiro atoms. The number of hydrogen-bond donors (Lipinski definition) is 1. The molecule has 0 aromatic heterocycles. The molecule has 5 aliphatic rings. The van der Waals surface area contributed by atoms with Gasteiger partial charge in [-0.25, -0.2) is 4.79 Å². The monoisotopic (exact) mass is 778 g/mol. The van der Waals surface area contributed by atoms with Crippen molar-refractivity contribution in [2.45, 2.75) is 149 Å². The van der Waals surface area contributed by atoms with Gasteiger partial charge in [-0.15, -0.1) is 0 Å². The van der Waals surface area contributed by atoms with Crippen LogP contribution in [0.3, 0.4) is 0 Å². The van der Waals surface area contributed by atoms with Gasteiger partial charge in [0, 0.05) is 23.8 Å². The molecule has 5 aliphatic carbocycles. The number of rotatable bonds is 16. The zero-order valence-electron chi connectivity index (χ0n) is 34.3. The Morgan fingerprint density at radius 2 is 1.68 bits per heavy atom. The summed E-state index contributed by atoms with van der Waals surface area (Å²) in [6.07, 6.45) is 12.4. The van der Waals surface area contributed by atoms with Gasteiger partial charge in [-0.3, -0.25) is 14.4 Å². The summed E-state index contributed by atoms with van der Waals surface area (Å²) in [5.41, 5.74) is 1.64. The van der Waals surface area contributed by atoms with Crippen molar-refractivity contribution in [3.8, 4) is 5.75 Å². The summed E-state index contributed by atoms with van der Waals surface area (Å²) in [6, 6.07) is 8.04. The minimum Gasteiger partial charge on any atom is -0.489 e. The Morgan fingerprint density at radius 1 is 0.929 bits per heavy atom. The summed E-state index contributed by atoms with van der Waals surface area (Å²) < 4.78 is 29.1. The third kappa shape index (κ3) is 9.00. The summed E-state index contributed by atoms with van der Waals surface area (Å²) >= 11 is 0. The molecular weight excluding hydrogens is 712 g/mol. The molecule has 0 radical (unpaired) electrons. The molecule has 1 aromatic rings. The van der Waals surface area contributed by atoms with Crippen molar-refractivity contribution in [3.63, 3.8) is 0 Å². The molecule has 1 N–H and O–H groups in total. The molecule has 13 atom stereocenters. The predicted molar refractivity (Wildman–Crippen MR) is 210 cm³/mol. The van der Waals surface area contributed by atoms with Crippen LogP contribution in [0.15, 0.2) is 35.9 Å². The van der Waals surface area contributed by atoms with Crippen molar-refractivity contribution in [1.82, 2.24) is 0 Å². The average molecular weight is 779 g/mol. The maximum atomic E-state index is 13.5. The summed E-state index contributed by atoms with van der Waals surface area (Å²) in [5.74, 6) is 1.82. The number of ether oxygens (including phenoxy) is 5. The van der Waals surface area contributed by atoms with E-state index in [0.29, 0.717) is 39.0 Å². The maximum Gasteiger partial charge on any atom is 0.330 e. The van der Waals surface area contributed by atoms with E-state index in [1.54, 1.807) is 6.92 Å². The number of hydrogen-bond acceptors (Lipinski definition) is 10. The van der Waals surface area contributed by atoms with Gasteiger partial charge in [0.15, 0.2) is 0 Å². The van der Waals surface area contributed by atoms with Crippen LogP contribution < -0.4 is 4.74 Å². The first-order valence-electron chi connectivity index (χ1n) is 21.5. The van der Waals surface area contributed by atoms with E-state index in [2.05, 4.69) is 32.9 Å². The van der Waals surface area contributed by atoms with Gasteiger partial charge < -0.3 is 28.8 Å². The van der Waals surface area contributed by atoms with E-state index in [-0.39, 0.29) is 88.6 Å². The summed E-state index contributed by atoms with van der Waals surface area (Å²) in [5, 5.41) is 10.6. The number of fused-ring (bicyclic) bond motifs is 5. The fourth-order valence-corrected chi connectivity index (χ4v) is 12.5. The first-order chi connectivity index (χ1) is 26.9. The van der Waals surface area contributed by atoms with E-state index in [1.807, 2.05) is 19.1 Å². The van der Waals surface area contributed by atoms with Crippen molar-refractivity contribution in [3.05, 3.63) is 41.5 Å². The lowest BCUT2D eigenvalue weighted by Crippen LogP contribution is -2.63. The minimum absolute atomic E-state index is 0.00878. The summed E-state index contributed by atoms with van der Waals surface area (Å²) in [7, 11) is 0. The van der Waals surface area contributed by atoms with Gasteiger partial charge in [0.05, 0.1) is 12.7 Å². The molecule has 1 aromatic carbocycles. The molecule has 5 saturated carbocycles. The van der Waals surface area contributed by atoms with Crippen molar-refractivity contribution in [2.75, 3.05) is 13.2 Å². The minimum atomic E-state index is -0.365. The van der Waals surface area contributed by atoms with E-state index in [4.69, 9.17) is 23.7 Å². The molecule has 0 unspecified atom stereocenters. The molecule has 6 rings (SSSR count). The summed E-state index contributed by atoms with van der Waals surface area (Å²) in [4.78, 5) is 49.1. The molecule has 10 nitrogen and oxygen atoms in total. The van der Waals surface area contributed by atoms with Crippen molar-refractivity contribution in [2.24, 2.45) is 52.3 Å². The van der Waals surface area contributed by atoms with Crippen LogP contribution in [-0.4, -0.2) is 67.6 Å². The Hall–Kier alpha value is -3.40. The van der Waals surface area contributed by atoms with E-state index < -0.39 is 0 Å². The normalized spacial score (nSPS) is 37.1. The highest BCUT2D eigenvalue weighted by molar-refractivity contribution is 5.82. The van der Waals surface area contributed by atoms with Gasteiger partial charge in [-0.2, -0.15) is 0 Å². The zero-order chi connectivity index (χ0) is 40.0. The fourth-order valence-electron chi connectivity index (χ4n) is 12.5. The van der Waals surface area contributed by atoms with Gasteiger partial charge in [0.2, 0.25) is 0 Å². The number of aliphatic hydroxyl groups excluding tert-OH is 1. The maximum absolute atomic E-state index is 13.5. The van der Waals surface area contributed by atoms with Crippen LogP contribution in [0.2, 0.25) is 0 Å². The number of benzene rings is 1. The predicted octanol–water partition coefficient (Wildman–Crippen LogP) is 7.96. The molecule has 0 saturated heterocycles. The second-order valence-electron chi connectivity index (χ2n) is 18.4. The molecule has 5 fully saturated rings. The second kappa shape index (κ2) is 18.5. The number of esters is 2. The van der Waals surface area contributed by atoms with Crippen molar-refractivity contribution >= 4 is 24.9 Å². The van der Waals surface area contributed by atoms with E-state index in [9.17, 15) is 24.3 Å². The zero-order valence-corrected chi connectivity index (χ0v) is 34.3. The van der Waals surface area contributed by atoms with Gasteiger partial charge in [0.25, 0.3) is 12.9 Å². The first-order valence-corrected chi connectivity index (χ1v) is 21.5. The van der Waals surface area contributed by atoms with Crippen LogP contribution in [0.5, 0.6) is 5.75 Å². The molecule has 0 amide bonds. The third-order valence-electron chi connectivity index (χ3n) is 15.4. The third-order valence-corrected chi connectivity index (χ3v) is 15.4. The lowest BCUT2D eigenvalue weighted by atomic mass is 9.43. The Morgan fingerprint density at radius 3 is 2.41 bits per heavy atom. The smallest absolute Gasteiger partial charge is 0.330 e. The van der Waals surface area contributed by atoms with Crippen LogP contribution >= 0.6 is 0 Å². The van der Waals surface area contributed by atoms with Crippen molar-refractivity contribution < 1.29 is 48.0 Å². The highest BCUT2D eigenvalue weighted by atomic mass is 16.5. The highest BCUT2D eigenvalue weighted by Crippen LogP contribution is 2.69. The van der Waals surface area contributed by atoms with E-state index in [1.165, 1.54) is 11.6 Å². The molecule has 0 aliphatic heterocycles. The SMILES string of the molecule is CCOC(=O)/C=C(\C)COc1ccc(C[C@H]2CCCC[C@@H]2OC(=O)CC[C@@H](C)[C@H]2CC[C@H]3[C@@H]4[C@H](OC=O)C[C@@H]5C[C@H](O)CC[C@]5(C)[C@H]4C[C@H](OC=O)[C@]23C)cc1.